The molecule has 1 aliphatic rings. The first-order valence-corrected chi connectivity index (χ1v) is 6.60. The Morgan fingerprint density at radius 2 is 1.78 bits per heavy atom. The third-order valence-electron chi connectivity index (χ3n) is 3.42. The van der Waals surface area contributed by atoms with Gasteiger partial charge in [-0.05, 0) is 49.9 Å². The Morgan fingerprint density at radius 1 is 1.17 bits per heavy atom. The fourth-order valence-corrected chi connectivity index (χ4v) is 2.50. The number of hydrogen-bond donors (Lipinski definition) is 1. The van der Waals surface area contributed by atoms with E-state index in [2.05, 4.69) is 44.3 Å². The van der Waals surface area contributed by atoms with Crippen LogP contribution in [0.2, 0.25) is 0 Å². The van der Waals surface area contributed by atoms with Crippen LogP contribution in [0.3, 0.4) is 0 Å². The molecular formula is C15H22N2O. The zero-order chi connectivity index (χ0) is 13.3. The Balaban J connectivity index is 2.36. The van der Waals surface area contributed by atoms with Crippen molar-refractivity contribution in [3.8, 4) is 0 Å². The van der Waals surface area contributed by atoms with Crippen molar-refractivity contribution >= 4 is 11.6 Å². The molecule has 1 N–H and O–H groups in total. The number of carbonyl (C=O) groups excluding carboxylic acids is 1. The number of aryl methyl sites for hydroxylation is 2. The first-order chi connectivity index (χ1) is 8.47. The fraction of sp³-hybridized carbons (Fsp3) is 0.533. The van der Waals surface area contributed by atoms with Crippen LogP contribution in [0.4, 0.5) is 5.69 Å². The third kappa shape index (κ3) is 2.72. The summed E-state index contributed by atoms with van der Waals surface area (Å²) in [6.45, 7) is 9.95. The van der Waals surface area contributed by atoms with Crippen molar-refractivity contribution < 1.29 is 4.79 Å². The van der Waals surface area contributed by atoms with E-state index in [1.54, 1.807) is 0 Å². The molecule has 18 heavy (non-hydrogen) atoms. The summed E-state index contributed by atoms with van der Waals surface area (Å²) < 4.78 is 0. The third-order valence-corrected chi connectivity index (χ3v) is 3.42. The number of hydrogen-bond acceptors (Lipinski definition) is 2. The molecule has 3 nitrogen and oxygen atoms in total. The zero-order valence-corrected chi connectivity index (χ0v) is 11.7. The van der Waals surface area contributed by atoms with Gasteiger partial charge in [0.15, 0.2) is 0 Å². The molecule has 1 fully saturated rings. The van der Waals surface area contributed by atoms with E-state index in [1.807, 2.05) is 11.8 Å². The largest absolute Gasteiger partial charge is 0.311 e. The van der Waals surface area contributed by atoms with Gasteiger partial charge in [-0.1, -0.05) is 13.0 Å². The number of carbonyl (C=O) groups is 1. The lowest BCUT2D eigenvalue weighted by Crippen LogP contribution is -2.41. The second-order valence-corrected chi connectivity index (χ2v) is 5.53. The van der Waals surface area contributed by atoms with Gasteiger partial charge in [0.2, 0.25) is 5.91 Å². The lowest BCUT2D eigenvalue weighted by Gasteiger charge is -2.25. The van der Waals surface area contributed by atoms with Crippen LogP contribution in [-0.4, -0.2) is 25.0 Å². The summed E-state index contributed by atoms with van der Waals surface area (Å²) in [5.74, 6) is 0.643. The van der Waals surface area contributed by atoms with Crippen LogP contribution in [-0.2, 0) is 4.79 Å². The van der Waals surface area contributed by atoms with E-state index in [-0.39, 0.29) is 11.9 Å². The second kappa shape index (κ2) is 5.11. The first kappa shape index (κ1) is 13.1. The Hall–Kier alpha value is -1.35. The number of rotatable bonds is 1. The molecule has 2 atom stereocenters. The molecule has 0 spiro atoms. The maximum absolute atomic E-state index is 12.4. The number of nitrogens with zero attached hydrogens (tertiary/aromatic N) is 1. The maximum atomic E-state index is 12.4. The normalized spacial score (nSPS) is 25.1. The lowest BCUT2D eigenvalue weighted by atomic mass is 10.1. The molecule has 0 bridgehead atoms. The molecule has 1 amide bonds. The van der Waals surface area contributed by atoms with Crippen molar-refractivity contribution in [1.29, 1.82) is 0 Å². The number of amides is 1. The SMILES string of the molecule is Cc1cc(C)cc(N2CC(C)CNC(C)C2=O)c1. The van der Waals surface area contributed by atoms with Crippen LogP contribution in [0.5, 0.6) is 0 Å². The van der Waals surface area contributed by atoms with E-state index in [0.717, 1.165) is 18.8 Å². The fourth-order valence-electron chi connectivity index (χ4n) is 2.50. The highest BCUT2D eigenvalue weighted by Crippen LogP contribution is 2.22. The molecule has 0 aliphatic carbocycles. The lowest BCUT2D eigenvalue weighted by molar-refractivity contribution is -0.119. The van der Waals surface area contributed by atoms with E-state index in [0.29, 0.717) is 5.92 Å². The van der Waals surface area contributed by atoms with Gasteiger partial charge < -0.3 is 10.2 Å². The zero-order valence-electron chi connectivity index (χ0n) is 11.7. The number of anilines is 1. The predicted molar refractivity (Wildman–Crippen MR) is 74.9 cm³/mol. The monoisotopic (exact) mass is 246 g/mol. The quantitative estimate of drug-likeness (QED) is 0.824. The van der Waals surface area contributed by atoms with Gasteiger partial charge in [-0.2, -0.15) is 0 Å². The molecule has 1 saturated heterocycles. The second-order valence-electron chi connectivity index (χ2n) is 5.53. The van der Waals surface area contributed by atoms with Gasteiger partial charge in [0.1, 0.15) is 0 Å². The summed E-state index contributed by atoms with van der Waals surface area (Å²) >= 11 is 0. The van der Waals surface area contributed by atoms with Crippen LogP contribution < -0.4 is 10.2 Å². The van der Waals surface area contributed by atoms with Gasteiger partial charge >= 0.3 is 0 Å². The Bertz CT molecular complexity index is 436. The summed E-state index contributed by atoms with van der Waals surface area (Å²) in [4.78, 5) is 14.3. The maximum Gasteiger partial charge on any atom is 0.243 e. The number of nitrogens with one attached hydrogen (secondary N) is 1. The summed E-state index contributed by atoms with van der Waals surface area (Å²) in [6, 6.07) is 6.22. The van der Waals surface area contributed by atoms with Gasteiger partial charge in [-0.3, -0.25) is 4.79 Å². The molecule has 98 valence electrons. The molecule has 1 aliphatic heterocycles. The molecule has 0 saturated carbocycles. The van der Waals surface area contributed by atoms with E-state index in [4.69, 9.17) is 0 Å². The van der Waals surface area contributed by atoms with Crippen molar-refractivity contribution in [3.05, 3.63) is 29.3 Å². The van der Waals surface area contributed by atoms with Crippen LogP contribution in [0.15, 0.2) is 18.2 Å². The van der Waals surface area contributed by atoms with Crippen molar-refractivity contribution in [1.82, 2.24) is 5.32 Å². The van der Waals surface area contributed by atoms with E-state index >= 15 is 0 Å². The van der Waals surface area contributed by atoms with Crippen LogP contribution in [0.1, 0.15) is 25.0 Å². The van der Waals surface area contributed by atoms with Crippen LogP contribution in [0.25, 0.3) is 0 Å². The van der Waals surface area contributed by atoms with Gasteiger partial charge in [0.05, 0.1) is 6.04 Å². The molecular weight excluding hydrogens is 224 g/mol. The summed E-state index contributed by atoms with van der Waals surface area (Å²) in [6.07, 6.45) is 0. The van der Waals surface area contributed by atoms with Crippen molar-refractivity contribution in [3.63, 3.8) is 0 Å². The van der Waals surface area contributed by atoms with Crippen LogP contribution >= 0.6 is 0 Å². The summed E-state index contributed by atoms with van der Waals surface area (Å²) in [7, 11) is 0. The average Bonchev–Trinajstić information content (AvgIpc) is 2.41. The van der Waals surface area contributed by atoms with E-state index < -0.39 is 0 Å². The molecule has 1 aromatic carbocycles. The molecule has 2 unspecified atom stereocenters. The van der Waals surface area contributed by atoms with Gasteiger partial charge in [0, 0.05) is 18.8 Å². The predicted octanol–water partition coefficient (Wildman–Crippen LogP) is 2.26. The smallest absolute Gasteiger partial charge is 0.243 e. The Labute approximate surface area is 109 Å². The molecule has 0 radical (unpaired) electrons. The van der Waals surface area contributed by atoms with Crippen LogP contribution in [0, 0.1) is 19.8 Å². The van der Waals surface area contributed by atoms with Gasteiger partial charge in [0.25, 0.3) is 0 Å². The summed E-state index contributed by atoms with van der Waals surface area (Å²) in [5.41, 5.74) is 3.44. The molecule has 0 aromatic heterocycles. The minimum Gasteiger partial charge on any atom is -0.311 e. The van der Waals surface area contributed by atoms with Crippen molar-refractivity contribution in [2.75, 3.05) is 18.0 Å². The number of benzene rings is 1. The van der Waals surface area contributed by atoms with Crippen molar-refractivity contribution in [2.24, 2.45) is 5.92 Å². The van der Waals surface area contributed by atoms with Gasteiger partial charge in [-0.25, -0.2) is 0 Å². The molecule has 1 heterocycles. The highest BCUT2D eigenvalue weighted by Gasteiger charge is 2.27. The molecule has 2 rings (SSSR count). The average molecular weight is 246 g/mol. The topological polar surface area (TPSA) is 32.3 Å². The first-order valence-electron chi connectivity index (χ1n) is 6.60. The Morgan fingerprint density at radius 3 is 2.39 bits per heavy atom. The minimum absolute atomic E-state index is 0.101. The molecule has 1 aromatic rings. The summed E-state index contributed by atoms with van der Waals surface area (Å²) in [5, 5.41) is 3.28. The van der Waals surface area contributed by atoms with E-state index in [9.17, 15) is 4.79 Å². The molecule has 3 heteroatoms. The minimum atomic E-state index is -0.101. The highest BCUT2D eigenvalue weighted by atomic mass is 16.2. The highest BCUT2D eigenvalue weighted by molar-refractivity contribution is 5.97. The van der Waals surface area contributed by atoms with E-state index in [1.165, 1.54) is 11.1 Å². The van der Waals surface area contributed by atoms with Crippen molar-refractivity contribution in [2.45, 2.75) is 33.7 Å². The Kier molecular flexibility index (Phi) is 3.71. The standard InChI is InChI=1S/C15H22N2O/c1-10-5-11(2)7-14(6-10)17-9-12(3)8-16-13(4)15(17)18/h5-7,12-13,16H,8-9H2,1-4H3. The van der Waals surface area contributed by atoms with Gasteiger partial charge in [-0.15, -0.1) is 0 Å².